The zero-order chi connectivity index (χ0) is 10.6. The van der Waals surface area contributed by atoms with Gasteiger partial charge in [0.25, 0.3) is 0 Å². The number of hydrogen-bond donors (Lipinski definition) is 0. The minimum atomic E-state index is 0.351. The molecule has 1 fully saturated rings. The zero-order valence-corrected chi connectivity index (χ0v) is 8.99. The van der Waals surface area contributed by atoms with Gasteiger partial charge in [0.1, 0.15) is 5.78 Å². The summed E-state index contributed by atoms with van der Waals surface area (Å²) in [7, 11) is 2.01. The lowest BCUT2D eigenvalue weighted by molar-refractivity contribution is -0.123. The van der Waals surface area contributed by atoms with Gasteiger partial charge >= 0.3 is 0 Å². The first-order valence-electron chi connectivity index (χ1n) is 5.24. The maximum Gasteiger partial charge on any atom is 0.134 e. The van der Waals surface area contributed by atoms with Gasteiger partial charge in [0, 0.05) is 31.8 Å². The van der Waals surface area contributed by atoms with Crippen LogP contribution in [-0.2, 0) is 4.79 Å². The van der Waals surface area contributed by atoms with Gasteiger partial charge in [-0.2, -0.15) is 5.26 Å². The molecule has 3 heteroatoms. The Morgan fingerprint density at radius 3 is 3.00 bits per heavy atom. The molecule has 2 unspecified atom stereocenters. The molecule has 0 amide bonds. The van der Waals surface area contributed by atoms with Crippen molar-refractivity contribution >= 4 is 5.78 Å². The van der Waals surface area contributed by atoms with Crippen LogP contribution in [0.15, 0.2) is 0 Å². The van der Waals surface area contributed by atoms with Crippen molar-refractivity contribution in [3.63, 3.8) is 0 Å². The van der Waals surface area contributed by atoms with Crippen LogP contribution in [0, 0.1) is 17.2 Å². The van der Waals surface area contributed by atoms with Crippen LogP contribution in [0.4, 0.5) is 0 Å². The van der Waals surface area contributed by atoms with Crippen molar-refractivity contribution in [2.45, 2.75) is 38.6 Å². The number of rotatable bonds is 3. The van der Waals surface area contributed by atoms with Gasteiger partial charge < -0.3 is 4.90 Å². The van der Waals surface area contributed by atoms with E-state index in [0.717, 1.165) is 19.4 Å². The molecule has 0 aromatic rings. The number of hydrogen-bond acceptors (Lipinski definition) is 3. The summed E-state index contributed by atoms with van der Waals surface area (Å²) in [6.45, 7) is 2.97. The molecule has 0 spiro atoms. The van der Waals surface area contributed by atoms with E-state index in [1.165, 1.54) is 0 Å². The number of ketones is 1. The highest BCUT2D eigenvalue weighted by atomic mass is 16.1. The van der Waals surface area contributed by atoms with Gasteiger partial charge in [-0.15, -0.1) is 0 Å². The van der Waals surface area contributed by atoms with Crippen LogP contribution in [-0.4, -0.2) is 30.3 Å². The Labute approximate surface area is 85.7 Å². The van der Waals surface area contributed by atoms with E-state index in [9.17, 15) is 4.79 Å². The SMILES string of the molecule is CC1CCC(=O)CC1N(C)CCC#N. The van der Waals surface area contributed by atoms with Crippen LogP contribution in [0.2, 0.25) is 0 Å². The Morgan fingerprint density at radius 1 is 1.64 bits per heavy atom. The van der Waals surface area contributed by atoms with Gasteiger partial charge in [-0.3, -0.25) is 4.79 Å². The van der Waals surface area contributed by atoms with Crippen LogP contribution < -0.4 is 0 Å². The van der Waals surface area contributed by atoms with Gasteiger partial charge in [0.2, 0.25) is 0 Å². The molecule has 1 aliphatic rings. The second-order valence-electron chi connectivity index (χ2n) is 4.21. The molecule has 78 valence electrons. The molecule has 0 aliphatic heterocycles. The van der Waals surface area contributed by atoms with Crippen molar-refractivity contribution in [1.29, 1.82) is 5.26 Å². The van der Waals surface area contributed by atoms with Crippen molar-refractivity contribution in [1.82, 2.24) is 4.90 Å². The van der Waals surface area contributed by atoms with Gasteiger partial charge in [-0.05, 0) is 19.4 Å². The van der Waals surface area contributed by atoms with Gasteiger partial charge in [-0.1, -0.05) is 6.92 Å². The summed E-state index contributed by atoms with van der Waals surface area (Å²) in [4.78, 5) is 13.5. The highest BCUT2D eigenvalue weighted by Gasteiger charge is 2.28. The number of carbonyl (C=O) groups is 1. The topological polar surface area (TPSA) is 44.1 Å². The Hall–Kier alpha value is -0.880. The van der Waals surface area contributed by atoms with E-state index in [-0.39, 0.29) is 0 Å². The molecular weight excluding hydrogens is 176 g/mol. The molecular formula is C11H18N2O. The van der Waals surface area contributed by atoms with Gasteiger partial charge in [0.15, 0.2) is 0 Å². The highest BCUT2D eigenvalue weighted by molar-refractivity contribution is 5.79. The van der Waals surface area contributed by atoms with Crippen molar-refractivity contribution in [2.24, 2.45) is 5.92 Å². The first-order chi connectivity index (χ1) is 6.65. The maximum atomic E-state index is 11.3. The first-order valence-corrected chi connectivity index (χ1v) is 5.24. The Morgan fingerprint density at radius 2 is 2.36 bits per heavy atom. The van der Waals surface area contributed by atoms with Gasteiger partial charge in [0.05, 0.1) is 6.07 Å². The van der Waals surface area contributed by atoms with E-state index in [1.54, 1.807) is 0 Å². The lowest BCUT2D eigenvalue weighted by atomic mass is 9.84. The molecule has 2 atom stereocenters. The highest BCUT2D eigenvalue weighted by Crippen LogP contribution is 2.25. The summed E-state index contributed by atoms with van der Waals surface area (Å²) in [5, 5.41) is 8.49. The van der Waals surface area contributed by atoms with Crippen LogP contribution in [0.3, 0.4) is 0 Å². The van der Waals surface area contributed by atoms with Crippen molar-refractivity contribution in [3.05, 3.63) is 0 Å². The molecule has 0 aromatic carbocycles. The minimum absolute atomic E-state index is 0.351. The molecule has 0 radical (unpaired) electrons. The number of nitrogens with zero attached hydrogens (tertiary/aromatic N) is 2. The van der Waals surface area contributed by atoms with E-state index in [2.05, 4.69) is 17.9 Å². The molecule has 14 heavy (non-hydrogen) atoms. The molecule has 1 rings (SSSR count). The number of carbonyl (C=O) groups excluding carboxylic acids is 1. The largest absolute Gasteiger partial charge is 0.302 e. The molecule has 0 heterocycles. The van der Waals surface area contributed by atoms with Crippen LogP contribution >= 0.6 is 0 Å². The van der Waals surface area contributed by atoms with E-state index >= 15 is 0 Å². The van der Waals surface area contributed by atoms with Gasteiger partial charge in [-0.25, -0.2) is 0 Å². The van der Waals surface area contributed by atoms with Crippen LogP contribution in [0.5, 0.6) is 0 Å². The fourth-order valence-electron chi connectivity index (χ4n) is 2.10. The molecule has 1 saturated carbocycles. The predicted molar refractivity (Wildman–Crippen MR) is 54.7 cm³/mol. The van der Waals surface area contributed by atoms with E-state index in [4.69, 9.17) is 5.26 Å². The number of Topliss-reactive ketones (excluding diaryl/α,β-unsaturated/α-hetero) is 1. The monoisotopic (exact) mass is 194 g/mol. The molecule has 0 N–H and O–H groups in total. The number of nitriles is 1. The Bertz CT molecular complexity index is 244. The Balaban J connectivity index is 2.47. The fourth-order valence-corrected chi connectivity index (χ4v) is 2.10. The summed E-state index contributed by atoms with van der Waals surface area (Å²) < 4.78 is 0. The maximum absolute atomic E-state index is 11.3. The standard InChI is InChI=1S/C11H18N2O/c1-9-4-5-10(14)8-11(9)13(2)7-3-6-12/h9,11H,3-5,7-8H2,1-2H3. The first kappa shape index (κ1) is 11.2. The normalized spacial score (nSPS) is 27.7. The average molecular weight is 194 g/mol. The van der Waals surface area contributed by atoms with Crippen molar-refractivity contribution < 1.29 is 4.79 Å². The third-order valence-corrected chi connectivity index (χ3v) is 3.11. The predicted octanol–water partition coefficient (Wildman–Crippen LogP) is 1.59. The zero-order valence-electron chi connectivity index (χ0n) is 8.99. The molecule has 0 bridgehead atoms. The minimum Gasteiger partial charge on any atom is -0.302 e. The van der Waals surface area contributed by atoms with Crippen molar-refractivity contribution in [3.8, 4) is 6.07 Å². The summed E-state index contributed by atoms with van der Waals surface area (Å²) in [6.07, 6.45) is 2.96. The lowest BCUT2D eigenvalue weighted by Crippen LogP contribution is -2.41. The third kappa shape index (κ3) is 2.81. The van der Waals surface area contributed by atoms with Crippen LogP contribution in [0.25, 0.3) is 0 Å². The third-order valence-electron chi connectivity index (χ3n) is 3.11. The molecule has 0 saturated heterocycles. The second-order valence-corrected chi connectivity index (χ2v) is 4.21. The quantitative estimate of drug-likeness (QED) is 0.685. The van der Waals surface area contributed by atoms with E-state index < -0.39 is 0 Å². The summed E-state index contributed by atoms with van der Waals surface area (Å²) >= 11 is 0. The van der Waals surface area contributed by atoms with E-state index in [0.29, 0.717) is 30.6 Å². The summed E-state index contributed by atoms with van der Waals surface area (Å²) in [5.74, 6) is 0.952. The molecule has 1 aliphatic carbocycles. The summed E-state index contributed by atoms with van der Waals surface area (Å²) in [6, 6.07) is 2.49. The average Bonchev–Trinajstić information content (AvgIpc) is 2.18. The van der Waals surface area contributed by atoms with Crippen LogP contribution in [0.1, 0.15) is 32.6 Å². The van der Waals surface area contributed by atoms with Crippen molar-refractivity contribution in [2.75, 3.05) is 13.6 Å². The smallest absolute Gasteiger partial charge is 0.134 e. The molecule has 3 nitrogen and oxygen atoms in total. The fraction of sp³-hybridized carbons (Fsp3) is 0.818. The lowest BCUT2D eigenvalue weighted by Gasteiger charge is -2.35. The second kappa shape index (κ2) is 5.11. The summed E-state index contributed by atoms with van der Waals surface area (Å²) in [5.41, 5.74) is 0. The molecule has 0 aromatic heterocycles. The Kier molecular flexibility index (Phi) is 4.09. The van der Waals surface area contributed by atoms with E-state index in [1.807, 2.05) is 7.05 Å².